The van der Waals surface area contributed by atoms with Gasteiger partial charge < -0.3 is 205 Å². The minimum absolute atomic E-state index is 0.00327. The highest BCUT2D eigenvalue weighted by Crippen LogP contribution is 2.14. The summed E-state index contributed by atoms with van der Waals surface area (Å²) in [6, 6.07) is 0. The molecule has 0 saturated heterocycles. The molecule has 0 aromatic heterocycles. The highest BCUT2D eigenvalue weighted by molar-refractivity contribution is 5.79. The predicted molar refractivity (Wildman–Crippen MR) is 542 cm³/mol. The van der Waals surface area contributed by atoms with Gasteiger partial charge in [0.15, 0.2) is 0 Å². The number of hydrogen-bond donors (Lipinski definition) is 3. The third kappa shape index (κ3) is 124. The molecule has 0 fully saturated rings. The van der Waals surface area contributed by atoms with Crippen LogP contribution in [0, 0.1) is 0 Å². The third-order valence-electron chi connectivity index (χ3n) is 19.6. The largest absolute Gasteiger partial charge is 0.481 e. The average Bonchev–Trinajstić information content (AvgIpc) is 0.852. The van der Waals surface area contributed by atoms with Crippen molar-refractivity contribution in [2.45, 2.75) is 89.0 Å². The van der Waals surface area contributed by atoms with Crippen LogP contribution in [-0.4, -0.2) is 582 Å². The van der Waals surface area contributed by atoms with E-state index >= 15 is 0 Å². The van der Waals surface area contributed by atoms with Crippen LogP contribution in [0.3, 0.4) is 0 Å². The number of nitrogens with one attached hydrogen (secondary N) is 2. The molecule has 0 spiro atoms. The maximum atomic E-state index is 14.0. The van der Waals surface area contributed by atoms with E-state index in [2.05, 4.69) is 10.6 Å². The first kappa shape index (κ1) is 146. The first-order valence-corrected chi connectivity index (χ1v) is 53.2. The van der Waals surface area contributed by atoms with E-state index in [9.17, 15) is 28.8 Å². The van der Waals surface area contributed by atoms with Gasteiger partial charge in [-0.25, -0.2) is 0 Å². The van der Waals surface area contributed by atoms with E-state index in [-0.39, 0.29) is 167 Å². The monoisotopic (exact) mass is 2190 g/mol. The summed E-state index contributed by atoms with van der Waals surface area (Å²) in [6.07, 6.45) is 2.58. The van der Waals surface area contributed by atoms with Crippen molar-refractivity contribution in [3.05, 3.63) is 0 Å². The van der Waals surface area contributed by atoms with Crippen LogP contribution in [0.15, 0.2) is 0 Å². The van der Waals surface area contributed by atoms with Crippen molar-refractivity contribution < 1.29 is 223 Å². The molecule has 0 bridgehead atoms. The Kier molecular flexibility index (Phi) is 125. The number of aliphatic carboxylic acids is 1. The SMILES string of the molecule is COCCOCCOCCOCCOCCOCCOCCOCCOCCOCCOCCCC(=O)CCOCC(COCCC(=O)CCCOCCOCCOCCOCCOCCOCCOCCOCCOCCOCCOC)(COCCC(=O)CCCOCCOCCOCCOCCOCCOCCOCCOCCOCCOCCOC)NC(=O)CCOCCOCCOCCOCCNC(=O)CCCC(=O)O. The molecule has 890 valence electrons. The zero-order chi connectivity index (χ0) is 108. The molecule has 3 N–H and O–H groups in total. The summed E-state index contributed by atoms with van der Waals surface area (Å²) in [4.78, 5) is 76.1. The molecule has 0 radical (unpaired) electrons. The van der Waals surface area contributed by atoms with Gasteiger partial charge in [-0.2, -0.15) is 0 Å². The van der Waals surface area contributed by atoms with Crippen LogP contribution in [-0.2, 0) is 218 Å². The lowest BCUT2D eigenvalue weighted by Crippen LogP contribution is -2.59. The summed E-state index contributed by atoms with van der Waals surface area (Å²) < 4.78 is 222. The van der Waals surface area contributed by atoms with Crippen LogP contribution in [0.25, 0.3) is 0 Å². The molecule has 0 rings (SSSR count). The Hall–Kier alpha value is -4.18. The van der Waals surface area contributed by atoms with Gasteiger partial charge in [0, 0.05) is 105 Å². The maximum Gasteiger partial charge on any atom is 0.303 e. The second kappa shape index (κ2) is 128. The van der Waals surface area contributed by atoms with Gasteiger partial charge in [-0.1, -0.05) is 0 Å². The van der Waals surface area contributed by atoms with Crippen molar-refractivity contribution >= 4 is 35.1 Å². The summed E-state index contributed by atoms with van der Waals surface area (Å²) in [5, 5.41) is 14.5. The Morgan fingerprint density at radius 1 is 0.160 bits per heavy atom. The molecule has 0 aliphatic rings. The molecule has 49 nitrogen and oxygen atoms in total. The van der Waals surface area contributed by atoms with Gasteiger partial charge in [0.2, 0.25) is 11.8 Å². The Balaban J connectivity index is 5.21. The molecule has 0 aliphatic carbocycles. The smallest absolute Gasteiger partial charge is 0.303 e. The fourth-order valence-corrected chi connectivity index (χ4v) is 11.8. The fraction of sp³-hybridized carbons (Fsp3) is 0.941. The van der Waals surface area contributed by atoms with E-state index in [0.29, 0.717) is 455 Å². The zero-order valence-electron chi connectivity index (χ0n) is 91.1. The van der Waals surface area contributed by atoms with Crippen molar-refractivity contribution in [1.82, 2.24) is 10.6 Å². The second-order valence-electron chi connectivity index (χ2n) is 32.3. The standard InChI is InChI=1S/C101H194N2O47/c1-111-26-29-119-42-45-127-56-59-133-68-71-139-80-83-145-89-86-142-77-74-136-65-62-130-53-48-122-37-32-114-18-5-8-95(104)13-21-148-92-101(103-99(108)16-24-117-35-40-125-51-52-126-41-36-118-25-17-102-98(107)11-4-12-100(109)110,93-149-22-14-96(105)9-6-19-115-33-38-123-49-54-131-63-66-137-75-78-143-87-90-146-84-81-140-72-69-134-60-57-128-46-43-120-30-27-112-2)94-150-23-15-97(106)10-7-20-116-34-39-124-50-55-132-64-67-138-76-79-144-88-91-147-85-82-141-73-70-135-61-58-129-47-44-121-31-28-113-3/h4-94H2,1-3H3,(H,102,107)(H,103,108)(H,109,110). The van der Waals surface area contributed by atoms with E-state index in [4.69, 9.17) is 195 Å². The number of Topliss-reactive ketones (excluding diaryl/α,β-unsaturated/α-hetero) is 3. The maximum absolute atomic E-state index is 14.0. The van der Waals surface area contributed by atoms with Crippen LogP contribution < -0.4 is 10.6 Å². The number of ketones is 3. The normalized spacial score (nSPS) is 11.8. The van der Waals surface area contributed by atoms with Crippen molar-refractivity contribution in [3.63, 3.8) is 0 Å². The number of hydrogen-bond acceptors (Lipinski definition) is 46. The van der Waals surface area contributed by atoms with Gasteiger partial charge in [-0.15, -0.1) is 0 Å². The minimum atomic E-state index is -1.35. The van der Waals surface area contributed by atoms with Gasteiger partial charge >= 0.3 is 5.97 Å². The Morgan fingerprint density at radius 2 is 0.320 bits per heavy atom. The molecule has 49 heteroatoms. The van der Waals surface area contributed by atoms with Crippen molar-refractivity contribution in [1.29, 1.82) is 0 Å². The molecule has 2 amide bonds. The number of amides is 2. The second-order valence-corrected chi connectivity index (χ2v) is 32.3. The first-order valence-electron chi connectivity index (χ1n) is 53.2. The highest BCUT2D eigenvalue weighted by Gasteiger charge is 2.34. The van der Waals surface area contributed by atoms with E-state index < -0.39 is 17.4 Å². The molecule has 0 aromatic rings. The van der Waals surface area contributed by atoms with Crippen molar-refractivity contribution in [3.8, 4) is 0 Å². The van der Waals surface area contributed by atoms with Gasteiger partial charge in [-0.3, -0.25) is 28.8 Å². The lowest BCUT2D eigenvalue weighted by Gasteiger charge is -2.34. The number of carboxylic acids is 1. The third-order valence-corrected chi connectivity index (χ3v) is 19.6. The Bertz CT molecular complexity index is 2510. The van der Waals surface area contributed by atoms with Crippen molar-refractivity contribution in [2.75, 3.05) is 537 Å². The molecule has 0 aromatic carbocycles. The Morgan fingerprint density at radius 3 is 0.500 bits per heavy atom. The van der Waals surface area contributed by atoms with Crippen LogP contribution in [0.4, 0.5) is 0 Å². The van der Waals surface area contributed by atoms with Crippen molar-refractivity contribution in [2.24, 2.45) is 0 Å². The van der Waals surface area contributed by atoms with E-state index in [1.54, 1.807) is 21.3 Å². The number of carbonyl (C=O) groups excluding carboxylic acids is 5. The number of rotatable bonds is 137. The molecular weight excluding hydrogens is 1990 g/mol. The lowest BCUT2D eigenvalue weighted by atomic mass is 10.0. The number of carbonyl (C=O) groups is 6. The summed E-state index contributed by atoms with van der Waals surface area (Å²) in [6.45, 7) is 29.6. The van der Waals surface area contributed by atoms with Crippen LogP contribution in [0.2, 0.25) is 0 Å². The predicted octanol–water partition coefficient (Wildman–Crippen LogP) is 2.37. The minimum Gasteiger partial charge on any atom is -0.481 e. The molecule has 0 aliphatic heterocycles. The highest BCUT2D eigenvalue weighted by atomic mass is 16.6. The number of carboxylic acid groups (broad SMARTS) is 1. The number of ether oxygens (including phenoxy) is 40. The molecule has 0 saturated carbocycles. The zero-order valence-corrected chi connectivity index (χ0v) is 91.1. The summed E-state index contributed by atoms with van der Waals surface area (Å²) >= 11 is 0. The van der Waals surface area contributed by atoms with Gasteiger partial charge in [0.25, 0.3) is 0 Å². The quantitative estimate of drug-likeness (QED) is 0.0736. The lowest BCUT2D eigenvalue weighted by molar-refractivity contribution is -0.137. The van der Waals surface area contributed by atoms with Gasteiger partial charge in [-0.05, 0) is 25.7 Å². The summed E-state index contributed by atoms with van der Waals surface area (Å²) in [7, 11) is 4.90. The first-order chi connectivity index (χ1) is 74.1. The summed E-state index contributed by atoms with van der Waals surface area (Å²) in [5.41, 5.74) is -1.35. The van der Waals surface area contributed by atoms with Crippen LogP contribution >= 0.6 is 0 Å². The molecule has 150 heavy (non-hydrogen) atoms. The molecule has 0 heterocycles. The topological polar surface area (TPSA) is 516 Å². The van der Waals surface area contributed by atoms with E-state index in [0.717, 1.165) is 0 Å². The van der Waals surface area contributed by atoms with E-state index in [1.807, 2.05) is 0 Å². The summed E-state index contributed by atoms with van der Waals surface area (Å²) in [5.74, 6) is -1.79. The van der Waals surface area contributed by atoms with E-state index in [1.165, 1.54) is 0 Å². The fourth-order valence-electron chi connectivity index (χ4n) is 11.8. The molecule has 0 atom stereocenters. The van der Waals surface area contributed by atoms with Gasteiger partial charge in [0.1, 0.15) is 22.9 Å². The molecular formula is C101H194N2O47. The Labute approximate surface area is 891 Å². The molecule has 0 unspecified atom stereocenters. The van der Waals surface area contributed by atoms with Gasteiger partial charge in [0.05, 0.1) is 489 Å². The average molecular weight is 2190 g/mol. The van der Waals surface area contributed by atoms with Crippen LogP contribution in [0.1, 0.15) is 83.5 Å². The van der Waals surface area contributed by atoms with Crippen LogP contribution in [0.5, 0.6) is 0 Å². The number of methoxy groups -OCH3 is 3.